The second kappa shape index (κ2) is 5.12. The van der Waals surface area contributed by atoms with Gasteiger partial charge in [0.2, 0.25) is 0 Å². The first-order valence-electron chi connectivity index (χ1n) is 5.19. The third-order valence-corrected chi connectivity index (χ3v) is 2.99. The SMILES string of the molecule is Nc1cc(CCc2ccc(Br)cc2)ccn1. The van der Waals surface area contributed by atoms with Crippen molar-refractivity contribution in [3.05, 3.63) is 58.2 Å². The molecular weight excluding hydrogens is 264 g/mol. The molecule has 0 atom stereocenters. The normalized spacial score (nSPS) is 10.3. The van der Waals surface area contributed by atoms with Crippen LogP contribution in [0.2, 0.25) is 0 Å². The van der Waals surface area contributed by atoms with E-state index in [1.165, 1.54) is 11.1 Å². The van der Waals surface area contributed by atoms with Crippen LogP contribution in [0.3, 0.4) is 0 Å². The number of benzene rings is 1. The number of halogens is 1. The van der Waals surface area contributed by atoms with Crippen molar-refractivity contribution in [3.8, 4) is 0 Å². The van der Waals surface area contributed by atoms with Crippen LogP contribution in [0.4, 0.5) is 5.82 Å². The van der Waals surface area contributed by atoms with Gasteiger partial charge in [-0.2, -0.15) is 0 Å². The van der Waals surface area contributed by atoms with Crippen LogP contribution in [0.1, 0.15) is 11.1 Å². The van der Waals surface area contributed by atoms with E-state index < -0.39 is 0 Å². The summed E-state index contributed by atoms with van der Waals surface area (Å²) in [6.45, 7) is 0. The van der Waals surface area contributed by atoms with Crippen LogP contribution in [0.15, 0.2) is 47.1 Å². The highest BCUT2D eigenvalue weighted by atomic mass is 79.9. The fraction of sp³-hybridized carbons (Fsp3) is 0.154. The highest BCUT2D eigenvalue weighted by Gasteiger charge is 1.97. The van der Waals surface area contributed by atoms with E-state index in [-0.39, 0.29) is 0 Å². The predicted octanol–water partition coefficient (Wildman–Crippen LogP) is 3.21. The van der Waals surface area contributed by atoms with Gasteiger partial charge in [-0.25, -0.2) is 4.98 Å². The quantitative estimate of drug-likeness (QED) is 0.935. The lowest BCUT2D eigenvalue weighted by Crippen LogP contribution is -1.95. The van der Waals surface area contributed by atoms with E-state index in [1.807, 2.05) is 12.1 Å². The summed E-state index contributed by atoms with van der Waals surface area (Å²) in [5, 5.41) is 0. The lowest BCUT2D eigenvalue weighted by atomic mass is 10.1. The van der Waals surface area contributed by atoms with E-state index in [2.05, 4.69) is 45.2 Å². The molecule has 0 bridgehead atoms. The van der Waals surface area contributed by atoms with E-state index in [9.17, 15) is 0 Å². The number of pyridine rings is 1. The Hall–Kier alpha value is -1.35. The van der Waals surface area contributed by atoms with E-state index in [1.54, 1.807) is 6.20 Å². The van der Waals surface area contributed by atoms with Gasteiger partial charge in [-0.15, -0.1) is 0 Å². The Labute approximate surface area is 104 Å². The van der Waals surface area contributed by atoms with Gasteiger partial charge in [0, 0.05) is 10.7 Å². The van der Waals surface area contributed by atoms with Crippen molar-refractivity contribution in [2.75, 3.05) is 5.73 Å². The number of nitrogens with two attached hydrogens (primary N) is 1. The number of hydrogen-bond acceptors (Lipinski definition) is 2. The molecule has 0 aliphatic carbocycles. The topological polar surface area (TPSA) is 38.9 Å². The minimum atomic E-state index is 0.591. The molecule has 0 aliphatic rings. The predicted molar refractivity (Wildman–Crippen MR) is 70.2 cm³/mol. The third kappa shape index (κ3) is 3.07. The first-order valence-corrected chi connectivity index (χ1v) is 5.98. The van der Waals surface area contributed by atoms with Crippen molar-refractivity contribution in [1.29, 1.82) is 0 Å². The van der Waals surface area contributed by atoms with Gasteiger partial charge in [-0.3, -0.25) is 0 Å². The molecule has 0 saturated heterocycles. The number of aryl methyl sites for hydroxylation is 2. The molecule has 0 aliphatic heterocycles. The van der Waals surface area contributed by atoms with Crippen molar-refractivity contribution in [2.24, 2.45) is 0 Å². The van der Waals surface area contributed by atoms with Gasteiger partial charge in [-0.05, 0) is 48.2 Å². The van der Waals surface area contributed by atoms with Crippen LogP contribution < -0.4 is 5.73 Å². The van der Waals surface area contributed by atoms with E-state index in [4.69, 9.17) is 5.73 Å². The fourth-order valence-corrected chi connectivity index (χ4v) is 1.85. The van der Waals surface area contributed by atoms with Gasteiger partial charge in [0.05, 0.1) is 0 Å². The Morgan fingerprint density at radius 3 is 2.38 bits per heavy atom. The Kier molecular flexibility index (Phi) is 3.57. The molecule has 2 aromatic rings. The maximum atomic E-state index is 5.63. The summed E-state index contributed by atoms with van der Waals surface area (Å²) in [5.74, 6) is 0.591. The molecule has 0 saturated carbocycles. The Morgan fingerprint density at radius 1 is 1.00 bits per heavy atom. The maximum absolute atomic E-state index is 5.63. The first kappa shape index (κ1) is 11.1. The van der Waals surface area contributed by atoms with E-state index in [0.717, 1.165) is 17.3 Å². The summed E-state index contributed by atoms with van der Waals surface area (Å²) in [4.78, 5) is 3.98. The molecule has 0 unspecified atom stereocenters. The molecule has 0 spiro atoms. The van der Waals surface area contributed by atoms with Gasteiger partial charge in [0.1, 0.15) is 5.82 Å². The van der Waals surface area contributed by atoms with Crippen LogP contribution in [0.25, 0.3) is 0 Å². The second-order valence-electron chi connectivity index (χ2n) is 3.72. The van der Waals surface area contributed by atoms with Gasteiger partial charge >= 0.3 is 0 Å². The molecule has 2 rings (SSSR count). The average molecular weight is 277 g/mol. The highest BCUT2D eigenvalue weighted by Crippen LogP contribution is 2.13. The van der Waals surface area contributed by atoms with Crippen LogP contribution in [-0.2, 0) is 12.8 Å². The number of hydrogen-bond donors (Lipinski definition) is 1. The van der Waals surface area contributed by atoms with Crippen molar-refractivity contribution in [3.63, 3.8) is 0 Å². The van der Waals surface area contributed by atoms with Crippen LogP contribution in [0, 0.1) is 0 Å². The molecule has 1 heterocycles. The molecule has 16 heavy (non-hydrogen) atoms. The number of aromatic nitrogens is 1. The maximum Gasteiger partial charge on any atom is 0.123 e. The smallest absolute Gasteiger partial charge is 0.123 e. The summed E-state index contributed by atoms with van der Waals surface area (Å²) in [6.07, 6.45) is 3.78. The third-order valence-electron chi connectivity index (χ3n) is 2.46. The zero-order chi connectivity index (χ0) is 11.4. The van der Waals surface area contributed by atoms with Crippen molar-refractivity contribution >= 4 is 21.7 Å². The van der Waals surface area contributed by atoms with Crippen molar-refractivity contribution in [1.82, 2.24) is 4.98 Å². The minimum absolute atomic E-state index is 0.591. The van der Waals surface area contributed by atoms with Gasteiger partial charge < -0.3 is 5.73 Å². The molecule has 0 amide bonds. The molecule has 2 nitrogen and oxygen atoms in total. The van der Waals surface area contributed by atoms with Gasteiger partial charge in [0.25, 0.3) is 0 Å². The van der Waals surface area contributed by atoms with Crippen LogP contribution in [-0.4, -0.2) is 4.98 Å². The molecule has 3 heteroatoms. The second-order valence-corrected chi connectivity index (χ2v) is 4.63. The molecule has 82 valence electrons. The number of nitrogen functional groups attached to an aromatic ring is 1. The molecule has 1 aromatic heterocycles. The zero-order valence-electron chi connectivity index (χ0n) is 8.86. The number of nitrogens with zero attached hydrogens (tertiary/aromatic N) is 1. The molecular formula is C13H13BrN2. The molecule has 1 aromatic carbocycles. The monoisotopic (exact) mass is 276 g/mol. The largest absolute Gasteiger partial charge is 0.384 e. The van der Waals surface area contributed by atoms with Crippen molar-refractivity contribution in [2.45, 2.75) is 12.8 Å². The molecule has 2 N–H and O–H groups in total. The van der Waals surface area contributed by atoms with Crippen LogP contribution in [0.5, 0.6) is 0 Å². The summed E-state index contributed by atoms with van der Waals surface area (Å²) in [6, 6.07) is 12.3. The van der Waals surface area contributed by atoms with Gasteiger partial charge in [0.15, 0.2) is 0 Å². The van der Waals surface area contributed by atoms with Crippen molar-refractivity contribution < 1.29 is 0 Å². The summed E-state index contributed by atoms with van der Waals surface area (Å²) < 4.78 is 1.12. The highest BCUT2D eigenvalue weighted by molar-refractivity contribution is 9.10. The zero-order valence-corrected chi connectivity index (χ0v) is 10.4. The standard InChI is InChI=1S/C13H13BrN2/c14-12-5-3-10(4-6-12)1-2-11-7-8-16-13(15)9-11/h3-9H,1-2H2,(H2,15,16). The average Bonchev–Trinajstić information content (AvgIpc) is 2.28. The van der Waals surface area contributed by atoms with E-state index >= 15 is 0 Å². The molecule has 0 radical (unpaired) electrons. The Balaban J connectivity index is 1.99. The lowest BCUT2D eigenvalue weighted by Gasteiger charge is -2.03. The number of anilines is 1. The summed E-state index contributed by atoms with van der Waals surface area (Å²) in [7, 11) is 0. The summed E-state index contributed by atoms with van der Waals surface area (Å²) in [5.41, 5.74) is 8.19. The van der Waals surface area contributed by atoms with E-state index in [0.29, 0.717) is 5.82 Å². The molecule has 0 fully saturated rings. The Bertz CT molecular complexity index is 466. The minimum Gasteiger partial charge on any atom is -0.384 e. The fourth-order valence-electron chi connectivity index (χ4n) is 1.59. The van der Waals surface area contributed by atoms with Crippen LogP contribution >= 0.6 is 15.9 Å². The Morgan fingerprint density at radius 2 is 1.69 bits per heavy atom. The number of rotatable bonds is 3. The first-order chi connectivity index (χ1) is 7.74. The summed E-state index contributed by atoms with van der Waals surface area (Å²) >= 11 is 3.43. The lowest BCUT2D eigenvalue weighted by molar-refractivity contribution is 0.956. The van der Waals surface area contributed by atoms with Gasteiger partial charge in [-0.1, -0.05) is 28.1 Å².